The van der Waals surface area contributed by atoms with Gasteiger partial charge < -0.3 is 0 Å². The Morgan fingerprint density at radius 2 is 1.81 bits per heavy atom. The zero-order chi connectivity index (χ0) is 11.6. The van der Waals surface area contributed by atoms with Crippen molar-refractivity contribution in [1.82, 2.24) is 9.80 Å². The van der Waals surface area contributed by atoms with Crippen LogP contribution < -0.4 is 0 Å². The fraction of sp³-hybridized carbons (Fsp3) is 0.857. The molecule has 0 aromatic carbocycles. The average molecular weight is 222 g/mol. The van der Waals surface area contributed by atoms with E-state index < -0.39 is 0 Å². The molecule has 2 saturated heterocycles. The van der Waals surface area contributed by atoms with Gasteiger partial charge in [0.05, 0.1) is 0 Å². The first-order chi connectivity index (χ1) is 7.55. The van der Waals surface area contributed by atoms with Crippen molar-refractivity contribution in [2.45, 2.75) is 45.6 Å². The van der Waals surface area contributed by atoms with Crippen molar-refractivity contribution >= 4 is 0 Å². The second kappa shape index (κ2) is 4.89. The second-order valence-electron chi connectivity index (χ2n) is 6.21. The van der Waals surface area contributed by atoms with E-state index in [1.54, 1.807) is 5.57 Å². The van der Waals surface area contributed by atoms with Crippen molar-refractivity contribution in [2.24, 2.45) is 0 Å². The van der Waals surface area contributed by atoms with Crippen LogP contribution in [0, 0.1) is 0 Å². The van der Waals surface area contributed by atoms with Crippen molar-refractivity contribution in [3.63, 3.8) is 0 Å². The maximum Gasteiger partial charge on any atom is 0.0199 e. The Morgan fingerprint density at radius 1 is 1.12 bits per heavy atom. The summed E-state index contributed by atoms with van der Waals surface area (Å²) >= 11 is 0. The highest BCUT2D eigenvalue weighted by atomic mass is 15.2. The molecule has 2 aliphatic heterocycles. The van der Waals surface area contributed by atoms with E-state index in [-0.39, 0.29) is 0 Å². The van der Waals surface area contributed by atoms with Crippen LogP contribution in [-0.4, -0.2) is 48.1 Å². The lowest BCUT2D eigenvalue weighted by Gasteiger charge is -2.31. The Labute approximate surface area is 100 Å². The zero-order valence-corrected chi connectivity index (χ0v) is 11.1. The molecule has 0 unspecified atom stereocenters. The van der Waals surface area contributed by atoms with Crippen molar-refractivity contribution in [3.8, 4) is 0 Å². The Morgan fingerprint density at radius 3 is 2.38 bits per heavy atom. The molecule has 2 heteroatoms. The minimum Gasteiger partial charge on any atom is -0.300 e. The van der Waals surface area contributed by atoms with Gasteiger partial charge in [0.1, 0.15) is 0 Å². The van der Waals surface area contributed by atoms with Gasteiger partial charge in [-0.2, -0.15) is 0 Å². The first-order valence-corrected chi connectivity index (χ1v) is 6.71. The number of rotatable bonds is 2. The minimum absolute atomic E-state index is 0.337. The van der Waals surface area contributed by atoms with Gasteiger partial charge in [-0.05, 0) is 53.1 Å². The highest BCUT2D eigenvalue weighted by molar-refractivity contribution is 5.12. The topological polar surface area (TPSA) is 6.48 Å². The molecule has 0 bridgehead atoms. The highest BCUT2D eigenvalue weighted by Crippen LogP contribution is 2.23. The molecule has 0 aromatic heterocycles. The van der Waals surface area contributed by atoms with E-state index in [0.29, 0.717) is 5.54 Å². The van der Waals surface area contributed by atoms with E-state index in [9.17, 15) is 0 Å². The van der Waals surface area contributed by atoms with E-state index in [0.717, 1.165) is 0 Å². The van der Waals surface area contributed by atoms with Gasteiger partial charge in [-0.1, -0.05) is 11.6 Å². The molecular weight excluding hydrogens is 196 g/mol. The zero-order valence-electron chi connectivity index (χ0n) is 11.1. The molecule has 2 rings (SSSR count). The molecule has 0 spiro atoms. The summed E-state index contributed by atoms with van der Waals surface area (Å²) in [5.41, 5.74) is 1.99. The molecular formula is C14H26N2. The van der Waals surface area contributed by atoms with Crippen molar-refractivity contribution in [3.05, 3.63) is 11.6 Å². The van der Waals surface area contributed by atoms with E-state index in [2.05, 4.69) is 36.6 Å². The van der Waals surface area contributed by atoms with Crippen LogP contribution in [0.15, 0.2) is 11.6 Å². The Balaban J connectivity index is 1.81. The Kier molecular flexibility index (Phi) is 3.70. The lowest BCUT2D eigenvalue weighted by Crippen LogP contribution is -2.38. The van der Waals surface area contributed by atoms with Gasteiger partial charge in [0.25, 0.3) is 0 Å². The number of hydrogen-bond donors (Lipinski definition) is 0. The average Bonchev–Trinajstić information content (AvgIpc) is 2.85. The highest BCUT2D eigenvalue weighted by Gasteiger charge is 2.26. The summed E-state index contributed by atoms with van der Waals surface area (Å²) < 4.78 is 0. The van der Waals surface area contributed by atoms with E-state index in [1.165, 1.54) is 52.0 Å². The van der Waals surface area contributed by atoms with Crippen LogP contribution in [-0.2, 0) is 0 Å². The summed E-state index contributed by atoms with van der Waals surface area (Å²) in [6, 6.07) is 0. The predicted molar refractivity (Wildman–Crippen MR) is 69.7 cm³/mol. The van der Waals surface area contributed by atoms with Gasteiger partial charge in [-0.3, -0.25) is 9.80 Å². The first kappa shape index (κ1) is 12.1. The molecule has 16 heavy (non-hydrogen) atoms. The lowest BCUT2D eigenvalue weighted by atomic mass is 10.1. The third-order valence-electron chi connectivity index (χ3n) is 3.88. The fourth-order valence-electron chi connectivity index (χ4n) is 2.64. The van der Waals surface area contributed by atoms with Crippen LogP contribution in [0.5, 0.6) is 0 Å². The van der Waals surface area contributed by atoms with E-state index in [4.69, 9.17) is 0 Å². The molecule has 0 N–H and O–H groups in total. The third-order valence-corrected chi connectivity index (χ3v) is 3.88. The SMILES string of the molecule is CC(C)(C)N1CC/C(=C/CN2CCCC2)C1. The van der Waals surface area contributed by atoms with Gasteiger partial charge in [0.2, 0.25) is 0 Å². The number of nitrogens with zero attached hydrogens (tertiary/aromatic N) is 2. The van der Waals surface area contributed by atoms with Gasteiger partial charge in [-0.25, -0.2) is 0 Å². The smallest absolute Gasteiger partial charge is 0.0199 e. The molecule has 0 aromatic rings. The normalized spacial score (nSPS) is 27.1. The van der Waals surface area contributed by atoms with Crippen molar-refractivity contribution < 1.29 is 0 Å². The maximum atomic E-state index is 2.59. The van der Waals surface area contributed by atoms with Crippen LogP contribution >= 0.6 is 0 Å². The lowest BCUT2D eigenvalue weighted by molar-refractivity contribution is 0.179. The Hall–Kier alpha value is -0.340. The summed E-state index contributed by atoms with van der Waals surface area (Å²) in [4.78, 5) is 5.16. The quantitative estimate of drug-likeness (QED) is 0.662. The van der Waals surface area contributed by atoms with Gasteiger partial charge >= 0.3 is 0 Å². The fourth-order valence-corrected chi connectivity index (χ4v) is 2.64. The van der Waals surface area contributed by atoms with Crippen molar-refractivity contribution in [2.75, 3.05) is 32.7 Å². The predicted octanol–water partition coefficient (Wildman–Crippen LogP) is 2.51. The summed E-state index contributed by atoms with van der Waals surface area (Å²) in [7, 11) is 0. The molecule has 0 aliphatic carbocycles. The summed E-state index contributed by atoms with van der Waals surface area (Å²) in [5, 5.41) is 0. The molecule has 0 amide bonds. The third kappa shape index (κ3) is 3.08. The summed E-state index contributed by atoms with van der Waals surface area (Å²) in [6.07, 6.45) is 6.57. The molecule has 0 radical (unpaired) electrons. The molecule has 0 atom stereocenters. The largest absolute Gasteiger partial charge is 0.300 e. The number of hydrogen-bond acceptors (Lipinski definition) is 2. The molecule has 2 fully saturated rings. The molecule has 2 aliphatic rings. The van der Waals surface area contributed by atoms with Crippen LogP contribution in [0.4, 0.5) is 0 Å². The molecule has 2 heterocycles. The van der Waals surface area contributed by atoms with Crippen LogP contribution in [0.2, 0.25) is 0 Å². The van der Waals surface area contributed by atoms with Gasteiger partial charge in [0.15, 0.2) is 0 Å². The van der Waals surface area contributed by atoms with E-state index in [1.807, 2.05) is 0 Å². The number of likely N-dealkylation sites (tertiary alicyclic amines) is 2. The second-order valence-corrected chi connectivity index (χ2v) is 6.21. The van der Waals surface area contributed by atoms with Crippen LogP contribution in [0.1, 0.15) is 40.0 Å². The molecule has 92 valence electrons. The minimum atomic E-state index is 0.337. The van der Waals surface area contributed by atoms with Crippen LogP contribution in [0.3, 0.4) is 0 Å². The van der Waals surface area contributed by atoms with Gasteiger partial charge in [-0.15, -0.1) is 0 Å². The van der Waals surface area contributed by atoms with E-state index >= 15 is 0 Å². The summed E-state index contributed by atoms with van der Waals surface area (Å²) in [5.74, 6) is 0. The first-order valence-electron chi connectivity index (χ1n) is 6.71. The maximum absolute atomic E-state index is 2.59. The Bertz CT molecular complexity index is 256. The summed E-state index contributed by atoms with van der Waals surface area (Å²) in [6.45, 7) is 13.2. The monoisotopic (exact) mass is 222 g/mol. The molecule has 0 saturated carbocycles. The standard InChI is InChI=1S/C14H26N2/c1-14(2,3)16-11-7-13(12-16)6-10-15-8-4-5-9-15/h6H,4-5,7-12H2,1-3H3/b13-6-. The molecule has 2 nitrogen and oxygen atoms in total. The van der Waals surface area contributed by atoms with Gasteiger partial charge in [0, 0.05) is 25.2 Å². The van der Waals surface area contributed by atoms with Crippen molar-refractivity contribution in [1.29, 1.82) is 0 Å². The van der Waals surface area contributed by atoms with Crippen LogP contribution in [0.25, 0.3) is 0 Å².